The maximum atomic E-state index is 13.1. The van der Waals surface area contributed by atoms with Crippen molar-refractivity contribution in [3.8, 4) is 28.0 Å². The van der Waals surface area contributed by atoms with Crippen molar-refractivity contribution in [2.24, 2.45) is 0 Å². The molecule has 0 amide bonds. The SMILES string of the molecule is CCOC(CSc1ccc(OCC(=O)O)c(C)c1)=C(c1ccc(-c2ccc(C(F)(F)F)cc2)cc1)c1ccc(-c2ccc(C(F)(F)F)cc2)cc1. The third-order valence-electron chi connectivity index (χ3n) is 7.90. The molecule has 11 heteroatoms. The van der Waals surface area contributed by atoms with E-state index in [0.29, 0.717) is 35.0 Å². The van der Waals surface area contributed by atoms with Gasteiger partial charge in [0.05, 0.1) is 23.5 Å². The molecule has 0 saturated carbocycles. The van der Waals surface area contributed by atoms with Crippen LogP contribution in [0.2, 0.25) is 0 Å². The van der Waals surface area contributed by atoms with Gasteiger partial charge in [0, 0.05) is 10.5 Å². The summed E-state index contributed by atoms with van der Waals surface area (Å²) in [6.07, 6.45) is -8.88. The minimum Gasteiger partial charge on any atom is -0.497 e. The van der Waals surface area contributed by atoms with Crippen LogP contribution in [-0.2, 0) is 21.9 Å². The number of carbonyl (C=O) groups is 1. The standard InChI is InChI=1S/C40H32F6O4S/c1-3-49-36(24-51-34-20-21-35(25(2)22-34)50-23-37(47)48)38(30-8-4-26(5-9-30)28-12-16-32(17-13-28)39(41,42)43)31-10-6-27(7-11-31)29-14-18-33(19-15-29)40(44,45)46/h4-22H,3,23-24H2,1-2H3,(H,47,48). The Labute approximate surface area is 295 Å². The predicted octanol–water partition coefficient (Wildman–Crippen LogP) is 11.4. The summed E-state index contributed by atoms with van der Waals surface area (Å²) >= 11 is 1.50. The summed E-state index contributed by atoms with van der Waals surface area (Å²) in [6, 6.07) is 30.1. The van der Waals surface area contributed by atoms with Crippen LogP contribution in [-0.4, -0.2) is 30.0 Å². The van der Waals surface area contributed by atoms with Crippen molar-refractivity contribution in [1.82, 2.24) is 0 Å². The largest absolute Gasteiger partial charge is 0.497 e. The molecule has 0 unspecified atom stereocenters. The molecule has 0 saturated heterocycles. The molecule has 4 nitrogen and oxygen atoms in total. The molecule has 0 spiro atoms. The van der Waals surface area contributed by atoms with E-state index < -0.39 is 36.1 Å². The first-order valence-corrected chi connectivity index (χ1v) is 16.7. The van der Waals surface area contributed by atoms with Crippen LogP contribution < -0.4 is 4.74 Å². The predicted molar refractivity (Wildman–Crippen MR) is 186 cm³/mol. The Morgan fingerprint density at radius 1 is 0.667 bits per heavy atom. The van der Waals surface area contributed by atoms with Crippen molar-refractivity contribution >= 4 is 23.3 Å². The first kappa shape index (κ1) is 37.1. The number of benzene rings is 5. The summed E-state index contributed by atoms with van der Waals surface area (Å²) in [5, 5.41) is 8.95. The number of aliphatic carboxylic acids is 1. The van der Waals surface area contributed by atoms with E-state index in [1.54, 1.807) is 6.07 Å². The van der Waals surface area contributed by atoms with E-state index in [1.165, 1.54) is 36.0 Å². The van der Waals surface area contributed by atoms with Gasteiger partial charge in [0.2, 0.25) is 0 Å². The van der Waals surface area contributed by atoms with E-state index in [-0.39, 0.29) is 0 Å². The lowest BCUT2D eigenvalue weighted by Gasteiger charge is -2.18. The average molecular weight is 723 g/mol. The number of hydrogen-bond donors (Lipinski definition) is 1. The van der Waals surface area contributed by atoms with E-state index in [2.05, 4.69) is 0 Å². The summed E-state index contributed by atoms with van der Waals surface area (Å²) in [5.41, 5.74) is 4.31. The third-order valence-corrected chi connectivity index (χ3v) is 8.90. The number of thioether (sulfide) groups is 1. The Morgan fingerprint density at radius 2 is 1.10 bits per heavy atom. The first-order chi connectivity index (χ1) is 24.2. The van der Waals surface area contributed by atoms with E-state index >= 15 is 0 Å². The minimum absolute atomic E-state index is 0.355. The quantitative estimate of drug-likeness (QED) is 0.0789. The van der Waals surface area contributed by atoms with Crippen LogP contribution in [0.3, 0.4) is 0 Å². The molecule has 264 valence electrons. The Hall–Kier alpha value is -5.16. The second kappa shape index (κ2) is 15.8. The zero-order chi connectivity index (χ0) is 36.8. The summed E-state index contributed by atoms with van der Waals surface area (Å²) < 4.78 is 90.3. The highest BCUT2D eigenvalue weighted by atomic mass is 32.2. The topological polar surface area (TPSA) is 55.8 Å². The highest BCUT2D eigenvalue weighted by Gasteiger charge is 2.31. The van der Waals surface area contributed by atoms with E-state index in [4.69, 9.17) is 14.6 Å². The highest BCUT2D eigenvalue weighted by Crippen LogP contribution is 2.37. The van der Waals surface area contributed by atoms with Gasteiger partial charge in [-0.05, 0) is 95.3 Å². The third kappa shape index (κ3) is 9.55. The van der Waals surface area contributed by atoms with Gasteiger partial charge in [0.1, 0.15) is 11.5 Å². The molecule has 0 aromatic heterocycles. The van der Waals surface area contributed by atoms with Crippen molar-refractivity contribution < 1.29 is 45.7 Å². The Balaban J connectivity index is 1.50. The smallest absolute Gasteiger partial charge is 0.416 e. The van der Waals surface area contributed by atoms with Gasteiger partial charge >= 0.3 is 18.3 Å². The lowest BCUT2D eigenvalue weighted by atomic mass is 9.93. The van der Waals surface area contributed by atoms with Gasteiger partial charge in [0.25, 0.3) is 0 Å². The summed E-state index contributed by atoms with van der Waals surface area (Å²) in [5.74, 6) is 0.436. The van der Waals surface area contributed by atoms with Crippen LogP contribution in [0.1, 0.15) is 34.7 Å². The maximum Gasteiger partial charge on any atom is 0.416 e. The fourth-order valence-electron chi connectivity index (χ4n) is 5.37. The monoisotopic (exact) mass is 722 g/mol. The number of hydrogen-bond acceptors (Lipinski definition) is 4. The average Bonchev–Trinajstić information content (AvgIpc) is 3.10. The van der Waals surface area contributed by atoms with Crippen LogP contribution in [0.15, 0.2) is 126 Å². The van der Waals surface area contributed by atoms with Crippen LogP contribution >= 0.6 is 11.8 Å². The molecule has 5 aromatic carbocycles. The number of rotatable bonds is 12. The normalized spacial score (nSPS) is 11.6. The lowest BCUT2D eigenvalue weighted by molar-refractivity contribution is -0.139. The zero-order valence-electron chi connectivity index (χ0n) is 27.4. The second-order valence-electron chi connectivity index (χ2n) is 11.4. The number of aryl methyl sites for hydroxylation is 1. The molecular formula is C40H32F6O4S. The van der Waals surface area contributed by atoms with Gasteiger partial charge < -0.3 is 14.6 Å². The fraction of sp³-hybridized carbons (Fsp3) is 0.175. The van der Waals surface area contributed by atoms with E-state index in [1.807, 2.05) is 74.5 Å². The molecule has 0 atom stereocenters. The van der Waals surface area contributed by atoms with Gasteiger partial charge in [-0.25, -0.2) is 4.79 Å². The number of alkyl halides is 6. The highest BCUT2D eigenvalue weighted by molar-refractivity contribution is 7.99. The molecule has 0 heterocycles. The van der Waals surface area contributed by atoms with Crippen LogP contribution in [0.5, 0.6) is 5.75 Å². The Kier molecular flexibility index (Phi) is 11.5. The second-order valence-corrected chi connectivity index (χ2v) is 12.5. The molecular weight excluding hydrogens is 690 g/mol. The maximum absolute atomic E-state index is 13.1. The van der Waals surface area contributed by atoms with Crippen molar-refractivity contribution in [3.05, 3.63) is 149 Å². The number of halogens is 6. The molecule has 0 aliphatic rings. The first-order valence-electron chi connectivity index (χ1n) is 15.7. The van der Waals surface area contributed by atoms with Crippen molar-refractivity contribution in [2.45, 2.75) is 31.1 Å². The molecule has 0 aliphatic heterocycles. The van der Waals surface area contributed by atoms with Gasteiger partial charge in [-0.1, -0.05) is 72.8 Å². The summed E-state index contributed by atoms with van der Waals surface area (Å²) in [7, 11) is 0. The van der Waals surface area contributed by atoms with Crippen LogP contribution in [0.4, 0.5) is 26.3 Å². The molecule has 51 heavy (non-hydrogen) atoms. The van der Waals surface area contributed by atoms with E-state index in [9.17, 15) is 31.1 Å². The van der Waals surface area contributed by atoms with Crippen LogP contribution in [0.25, 0.3) is 27.8 Å². The van der Waals surface area contributed by atoms with Gasteiger partial charge in [-0.15, -0.1) is 11.8 Å². The van der Waals surface area contributed by atoms with Crippen molar-refractivity contribution in [2.75, 3.05) is 19.0 Å². The molecule has 5 aromatic rings. The zero-order valence-corrected chi connectivity index (χ0v) is 28.3. The molecule has 1 N–H and O–H groups in total. The molecule has 5 rings (SSSR count). The van der Waals surface area contributed by atoms with Crippen LogP contribution in [0, 0.1) is 6.92 Å². The summed E-state index contributed by atoms with van der Waals surface area (Å²) in [6.45, 7) is 3.59. The van der Waals surface area contributed by atoms with Crippen molar-refractivity contribution in [1.29, 1.82) is 0 Å². The van der Waals surface area contributed by atoms with E-state index in [0.717, 1.165) is 62.6 Å². The Morgan fingerprint density at radius 3 is 1.47 bits per heavy atom. The lowest BCUT2D eigenvalue weighted by Crippen LogP contribution is -2.10. The fourth-order valence-corrected chi connectivity index (χ4v) is 6.32. The molecule has 0 radical (unpaired) electrons. The van der Waals surface area contributed by atoms with Gasteiger partial charge in [-0.2, -0.15) is 26.3 Å². The number of carboxylic acid groups (broad SMARTS) is 1. The Bertz CT molecular complexity index is 1880. The molecule has 0 aliphatic carbocycles. The van der Waals surface area contributed by atoms with Gasteiger partial charge in [0.15, 0.2) is 6.61 Å². The molecule has 0 fully saturated rings. The minimum atomic E-state index is -4.44. The number of carboxylic acids is 1. The summed E-state index contributed by atoms with van der Waals surface area (Å²) in [4.78, 5) is 11.8. The molecule has 0 bridgehead atoms. The van der Waals surface area contributed by atoms with Gasteiger partial charge in [-0.3, -0.25) is 0 Å². The number of ether oxygens (including phenoxy) is 2. The van der Waals surface area contributed by atoms with Crippen molar-refractivity contribution in [3.63, 3.8) is 0 Å².